The van der Waals surface area contributed by atoms with Crippen LogP contribution < -0.4 is 11.1 Å². The van der Waals surface area contributed by atoms with Gasteiger partial charge in [-0.3, -0.25) is 14.5 Å². The SMILES string of the molecule is CCC(c1nnc(SCC(=O)Nc2sc3c(c2C(N)=O)CCC3)n1Cc1ccccc1)N(C)C. The standard InChI is InChI=1S/C24H30N6O2S2/c1-4-17(29(2)3)22-27-28-24(30(22)13-15-9-6-5-7-10-15)33-14-19(31)26-23-20(21(25)32)16-11-8-12-18(16)34-23/h5-7,9-10,17H,4,8,11-14H2,1-3H3,(H2,25,32)(H,26,31). The summed E-state index contributed by atoms with van der Waals surface area (Å²) in [6, 6.07) is 10.3. The highest BCUT2D eigenvalue weighted by Crippen LogP contribution is 2.39. The molecule has 0 spiro atoms. The Bertz CT molecular complexity index is 1170. The number of amides is 2. The number of thiophene rings is 1. The summed E-state index contributed by atoms with van der Waals surface area (Å²) in [6.45, 7) is 2.75. The molecule has 2 heterocycles. The summed E-state index contributed by atoms with van der Waals surface area (Å²) in [5, 5.41) is 13.1. The summed E-state index contributed by atoms with van der Waals surface area (Å²) in [6.07, 6.45) is 3.69. The van der Waals surface area contributed by atoms with Crippen LogP contribution in [-0.2, 0) is 24.2 Å². The molecule has 0 radical (unpaired) electrons. The van der Waals surface area contributed by atoms with Crippen LogP contribution in [0.5, 0.6) is 0 Å². The van der Waals surface area contributed by atoms with Gasteiger partial charge in [-0.25, -0.2) is 0 Å². The first kappa shape index (κ1) is 24.4. The number of nitrogens with one attached hydrogen (secondary N) is 1. The van der Waals surface area contributed by atoms with Crippen LogP contribution in [-0.4, -0.2) is 51.3 Å². The van der Waals surface area contributed by atoms with E-state index in [2.05, 4.69) is 44.0 Å². The fourth-order valence-corrected chi connectivity index (χ4v) is 6.45. The minimum atomic E-state index is -0.483. The second-order valence-corrected chi connectivity index (χ2v) is 10.6. The van der Waals surface area contributed by atoms with Crippen LogP contribution >= 0.6 is 23.1 Å². The van der Waals surface area contributed by atoms with Crippen molar-refractivity contribution in [2.24, 2.45) is 5.73 Å². The smallest absolute Gasteiger partial charge is 0.251 e. The van der Waals surface area contributed by atoms with Crippen LogP contribution in [0.25, 0.3) is 0 Å². The maximum absolute atomic E-state index is 12.8. The van der Waals surface area contributed by atoms with Crippen molar-refractivity contribution < 1.29 is 9.59 Å². The normalized spacial score (nSPS) is 13.8. The van der Waals surface area contributed by atoms with Crippen molar-refractivity contribution in [2.75, 3.05) is 25.2 Å². The number of hydrogen-bond donors (Lipinski definition) is 2. The number of fused-ring (bicyclic) bond motifs is 1. The van der Waals surface area contributed by atoms with Gasteiger partial charge in [0.15, 0.2) is 11.0 Å². The summed E-state index contributed by atoms with van der Waals surface area (Å²) in [4.78, 5) is 28.1. The first-order valence-corrected chi connectivity index (χ1v) is 13.2. The van der Waals surface area contributed by atoms with E-state index >= 15 is 0 Å². The van der Waals surface area contributed by atoms with Crippen molar-refractivity contribution in [1.82, 2.24) is 19.7 Å². The zero-order chi connectivity index (χ0) is 24.2. The Morgan fingerprint density at radius 3 is 2.68 bits per heavy atom. The van der Waals surface area contributed by atoms with Gasteiger partial charge >= 0.3 is 0 Å². The van der Waals surface area contributed by atoms with Crippen LogP contribution in [0.4, 0.5) is 5.00 Å². The molecule has 8 nitrogen and oxygen atoms in total. The van der Waals surface area contributed by atoms with E-state index in [9.17, 15) is 9.59 Å². The molecule has 1 aromatic carbocycles. The molecule has 1 aliphatic carbocycles. The highest BCUT2D eigenvalue weighted by Gasteiger charge is 2.27. The fourth-order valence-electron chi connectivity index (χ4n) is 4.39. The highest BCUT2D eigenvalue weighted by atomic mass is 32.2. The van der Waals surface area contributed by atoms with Gasteiger partial charge in [0.25, 0.3) is 5.91 Å². The number of nitrogens with zero attached hydrogens (tertiary/aromatic N) is 4. The van der Waals surface area contributed by atoms with Crippen molar-refractivity contribution in [2.45, 2.75) is 50.4 Å². The van der Waals surface area contributed by atoms with Crippen molar-refractivity contribution in [3.63, 3.8) is 0 Å². The van der Waals surface area contributed by atoms with Crippen molar-refractivity contribution in [3.8, 4) is 0 Å². The van der Waals surface area contributed by atoms with Gasteiger partial charge in [-0.1, -0.05) is 49.0 Å². The molecule has 180 valence electrons. The highest BCUT2D eigenvalue weighted by molar-refractivity contribution is 7.99. The molecule has 1 unspecified atom stereocenters. The number of thioether (sulfide) groups is 1. The molecule has 1 atom stereocenters. The molecule has 0 bridgehead atoms. The van der Waals surface area contributed by atoms with E-state index in [4.69, 9.17) is 5.73 Å². The van der Waals surface area contributed by atoms with E-state index in [-0.39, 0.29) is 17.7 Å². The average molecular weight is 499 g/mol. The number of aryl methyl sites for hydroxylation is 1. The molecule has 0 fully saturated rings. The third-order valence-corrected chi connectivity index (χ3v) is 8.16. The van der Waals surface area contributed by atoms with Gasteiger partial charge in [0.05, 0.1) is 23.9 Å². The molecule has 34 heavy (non-hydrogen) atoms. The van der Waals surface area contributed by atoms with E-state index in [1.54, 1.807) is 0 Å². The van der Waals surface area contributed by atoms with E-state index in [1.807, 2.05) is 32.3 Å². The van der Waals surface area contributed by atoms with Crippen molar-refractivity contribution in [1.29, 1.82) is 0 Å². The fraction of sp³-hybridized carbons (Fsp3) is 0.417. The Labute approximate surface area is 207 Å². The van der Waals surface area contributed by atoms with Crippen molar-refractivity contribution in [3.05, 3.63) is 57.7 Å². The van der Waals surface area contributed by atoms with Crippen LogP contribution in [0.3, 0.4) is 0 Å². The minimum Gasteiger partial charge on any atom is -0.365 e. The van der Waals surface area contributed by atoms with Gasteiger partial charge in [-0.05, 0) is 50.9 Å². The van der Waals surface area contributed by atoms with Crippen molar-refractivity contribution >= 4 is 39.9 Å². The second-order valence-electron chi connectivity index (χ2n) is 8.56. The predicted molar refractivity (Wildman–Crippen MR) is 137 cm³/mol. The maximum Gasteiger partial charge on any atom is 0.251 e. The van der Waals surface area contributed by atoms with Gasteiger partial charge in [-0.2, -0.15) is 0 Å². The summed E-state index contributed by atoms with van der Waals surface area (Å²) in [5.41, 5.74) is 8.24. The molecule has 2 amide bonds. The molecule has 3 N–H and O–H groups in total. The molecule has 2 aromatic heterocycles. The quantitative estimate of drug-likeness (QED) is 0.413. The monoisotopic (exact) mass is 498 g/mol. The first-order valence-electron chi connectivity index (χ1n) is 11.4. The average Bonchev–Trinajstić information content (AvgIpc) is 3.48. The van der Waals surface area contributed by atoms with Gasteiger partial charge in [0, 0.05) is 4.88 Å². The Morgan fingerprint density at radius 2 is 2.00 bits per heavy atom. The molecule has 0 aliphatic heterocycles. The van der Waals surface area contributed by atoms with Gasteiger partial charge < -0.3 is 15.6 Å². The van der Waals surface area contributed by atoms with Gasteiger partial charge in [-0.15, -0.1) is 21.5 Å². The lowest BCUT2D eigenvalue weighted by atomic mass is 10.1. The first-order chi connectivity index (χ1) is 16.4. The molecule has 4 rings (SSSR count). The zero-order valence-corrected chi connectivity index (χ0v) is 21.3. The van der Waals surface area contributed by atoms with E-state index in [0.29, 0.717) is 22.3 Å². The lowest BCUT2D eigenvalue weighted by Crippen LogP contribution is -2.23. The van der Waals surface area contributed by atoms with E-state index < -0.39 is 5.91 Å². The van der Waals surface area contributed by atoms with E-state index in [0.717, 1.165) is 47.5 Å². The molecule has 3 aromatic rings. The largest absolute Gasteiger partial charge is 0.365 e. The van der Waals surface area contributed by atoms with Crippen LogP contribution in [0.15, 0.2) is 35.5 Å². The van der Waals surface area contributed by atoms with Gasteiger partial charge in [0.2, 0.25) is 5.91 Å². The molecule has 0 saturated carbocycles. The Hall–Kier alpha value is -2.69. The lowest BCUT2D eigenvalue weighted by molar-refractivity contribution is -0.113. The predicted octanol–water partition coefficient (Wildman–Crippen LogP) is 3.72. The van der Waals surface area contributed by atoms with E-state index in [1.165, 1.54) is 23.1 Å². The summed E-state index contributed by atoms with van der Waals surface area (Å²) < 4.78 is 2.09. The number of rotatable bonds is 10. The Kier molecular flexibility index (Phi) is 7.70. The number of carbonyl (C=O) groups is 2. The topological polar surface area (TPSA) is 106 Å². The summed E-state index contributed by atoms with van der Waals surface area (Å²) in [7, 11) is 4.06. The number of primary amides is 1. The summed E-state index contributed by atoms with van der Waals surface area (Å²) >= 11 is 2.81. The van der Waals surface area contributed by atoms with Crippen LogP contribution in [0.1, 0.15) is 58.0 Å². The third kappa shape index (κ3) is 5.18. The maximum atomic E-state index is 12.8. The second kappa shape index (κ2) is 10.7. The molecule has 10 heteroatoms. The molecular weight excluding hydrogens is 468 g/mol. The minimum absolute atomic E-state index is 0.117. The number of nitrogens with two attached hydrogens (primary N) is 1. The Morgan fingerprint density at radius 1 is 1.24 bits per heavy atom. The van der Waals surface area contributed by atoms with Crippen LogP contribution in [0, 0.1) is 0 Å². The molecule has 1 aliphatic rings. The summed E-state index contributed by atoms with van der Waals surface area (Å²) in [5.74, 6) is 0.364. The van der Waals surface area contributed by atoms with Gasteiger partial charge in [0.1, 0.15) is 5.00 Å². The zero-order valence-electron chi connectivity index (χ0n) is 19.7. The number of hydrogen-bond acceptors (Lipinski definition) is 7. The van der Waals surface area contributed by atoms with Crippen LogP contribution in [0.2, 0.25) is 0 Å². The third-order valence-electron chi connectivity index (χ3n) is 5.99. The molecule has 0 saturated heterocycles. The number of benzene rings is 1. The lowest BCUT2D eigenvalue weighted by Gasteiger charge is -2.23. The number of carbonyl (C=O) groups excluding carboxylic acids is 2. The number of anilines is 1. The molecular formula is C24H30N6O2S2. The number of aromatic nitrogens is 3. The Balaban J connectivity index is 1.52.